The number of hydrogen-bond donors (Lipinski definition) is 2. The van der Waals surface area contributed by atoms with Crippen LogP contribution in [0.2, 0.25) is 0 Å². The highest BCUT2D eigenvalue weighted by molar-refractivity contribution is 5.87. The van der Waals surface area contributed by atoms with Gasteiger partial charge in [-0.25, -0.2) is 4.79 Å². The van der Waals surface area contributed by atoms with E-state index in [1.807, 2.05) is 24.3 Å². The molecule has 2 aliphatic rings. The number of carbonyl (C=O) groups is 2. The molecule has 5 nitrogen and oxygen atoms in total. The van der Waals surface area contributed by atoms with Gasteiger partial charge in [0.25, 0.3) is 0 Å². The van der Waals surface area contributed by atoms with Crippen molar-refractivity contribution in [2.24, 2.45) is 0 Å². The Morgan fingerprint density at radius 2 is 1.95 bits per heavy atom. The van der Waals surface area contributed by atoms with Gasteiger partial charge in [0.05, 0.1) is 6.04 Å². The van der Waals surface area contributed by atoms with E-state index in [1.165, 1.54) is 4.90 Å². The molecule has 0 bridgehead atoms. The second kappa shape index (κ2) is 5.85. The molecule has 1 amide bonds. The number of carboxylic acids is 1. The summed E-state index contributed by atoms with van der Waals surface area (Å²) >= 11 is 0. The van der Waals surface area contributed by atoms with Crippen molar-refractivity contribution in [1.29, 1.82) is 0 Å². The molecule has 0 spiro atoms. The van der Waals surface area contributed by atoms with Crippen molar-refractivity contribution in [3.05, 3.63) is 35.4 Å². The van der Waals surface area contributed by atoms with Crippen LogP contribution in [-0.2, 0) is 22.6 Å². The van der Waals surface area contributed by atoms with E-state index in [2.05, 4.69) is 5.32 Å². The maximum Gasteiger partial charge on any atom is 0.326 e. The van der Waals surface area contributed by atoms with Crippen LogP contribution in [-0.4, -0.2) is 40.5 Å². The molecule has 1 aromatic rings. The quantitative estimate of drug-likeness (QED) is 0.857. The van der Waals surface area contributed by atoms with Crippen LogP contribution in [0, 0.1) is 0 Å². The fourth-order valence-electron chi connectivity index (χ4n) is 3.24. The maximum atomic E-state index is 12.7. The third-order valence-electron chi connectivity index (χ3n) is 4.43. The number of aliphatic carboxylic acids is 1. The average molecular weight is 288 g/mol. The largest absolute Gasteiger partial charge is 0.480 e. The summed E-state index contributed by atoms with van der Waals surface area (Å²) in [5.41, 5.74) is 2.09. The number of fused-ring (bicyclic) bond motifs is 1. The third-order valence-corrected chi connectivity index (χ3v) is 4.43. The lowest BCUT2D eigenvalue weighted by Crippen LogP contribution is -2.55. The number of nitrogens with one attached hydrogen (secondary N) is 1. The van der Waals surface area contributed by atoms with E-state index < -0.39 is 12.0 Å². The zero-order valence-electron chi connectivity index (χ0n) is 11.9. The summed E-state index contributed by atoms with van der Waals surface area (Å²) < 4.78 is 0. The number of nitrogens with zero attached hydrogens (tertiary/aromatic N) is 1. The first-order valence-corrected chi connectivity index (χ1v) is 7.50. The molecule has 1 unspecified atom stereocenters. The molecule has 1 saturated heterocycles. The molecule has 2 heterocycles. The minimum absolute atomic E-state index is 0.0726. The van der Waals surface area contributed by atoms with Crippen LogP contribution in [0.15, 0.2) is 24.3 Å². The van der Waals surface area contributed by atoms with Gasteiger partial charge in [0.2, 0.25) is 5.91 Å². The molecule has 2 aliphatic heterocycles. The number of piperidine rings is 1. The molecule has 1 aromatic carbocycles. The van der Waals surface area contributed by atoms with Crippen molar-refractivity contribution in [3.63, 3.8) is 0 Å². The summed E-state index contributed by atoms with van der Waals surface area (Å²) in [6.45, 7) is 1.22. The van der Waals surface area contributed by atoms with E-state index >= 15 is 0 Å². The molecule has 112 valence electrons. The van der Waals surface area contributed by atoms with Gasteiger partial charge < -0.3 is 15.3 Å². The summed E-state index contributed by atoms with van der Waals surface area (Å²) in [6.07, 6.45) is 3.29. The highest BCUT2D eigenvalue weighted by Crippen LogP contribution is 2.25. The summed E-state index contributed by atoms with van der Waals surface area (Å²) in [6, 6.07) is 6.79. The van der Waals surface area contributed by atoms with Crippen LogP contribution in [0.1, 0.15) is 30.4 Å². The third kappa shape index (κ3) is 2.78. The Labute approximate surface area is 123 Å². The first kappa shape index (κ1) is 14.1. The van der Waals surface area contributed by atoms with Crippen LogP contribution >= 0.6 is 0 Å². The number of carbonyl (C=O) groups excluding carboxylic acids is 1. The van der Waals surface area contributed by atoms with Crippen LogP contribution in [0.5, 0.6) is 0 Å². The van der Waals surface area contributed by atoms with Gasteiger partial charge in [0, 0.05) is 13.0 Å². The molecule has 1 fully saturated rings. The van der Waals surface area contributed by atoms with Crippen molar-refractivity contribution in [2.75, 3.05) is 6.54 Å². The molecule has 3 rings (SSSR count). The molecule has 0 aliphatic carbocycles. The number of carboxylic acid groups (broad SMARTS) is 1. The normalized spacial score (nSPS) is 25.2. The lowest BCUT2D eigenvalue weighted by atomic mass is 9.92. The van der Waals surface area contributed by atoms with Crippen molar-refractivity contribution < 1.29 is 14.7 Å². The molecule has 0 radical (unpaired) electrons. The number of amides is 1. The lowest BCUT2D eigenvalue weighted by Gasteiger charge is -2.37. The predicted octanol–water partition coefficient (Wildman–Crippen LogP) is 1.17. The van der Waals surface area contributed by atoms with E-state index in [4.69, 9.17) is 0 Å². The standard InChI is InChI=1S/C16H20N2O3/c19-15(13-7-3-4-8-17-13)18-10-12-6-2-1-5-11(12)9-14(18)16(20)21/h1-2,5-6,13-14,17H,3-4,7-10H2,(H,20,21)/t13-,14?/m0/s1. The fraction of sp³-hybridized carbons (Fsp3) is 0.500. The molecule has 2 N–H and O–H groups in total. The highest BCUT2D eigenvalue weighted by atomic mass is 16.4. The summed E-state index contributed by atoms with van der Waals surface area (Å²) in [4.78, 5) is 25.8. The summed E-state index contributed by atoms with van der Waals surface area (Å²) in [5, 5.41) is 12.7. The predicted molar refractivity (Wildman–Crippen MR) is 77.8 cm³/mol. The van der Waals surface area contributed by atoms with Gasteiger partial charge in [0.15, 0.2) is 0 Å². The van der Waals surface area contributed by atoms with Gasteiger partial charge in [-0.2, -0.15) is 0 Å². The second-order valence-corrected chi connectivity index (χ2v) is 5.80. The number of rotatable bonds is 2. The first-order valence-electron chi connectivity index (χ1n) is 7.50. The van der Waals surface area contributed by atoms with Crippen LogP contribution in [0.25, 0.3) is 0 Å². The Morgan fingerprint density at radius 1 is 1.19 bits per heavy atom. The molecule has 2 atom stereocenters. The number of benzene rings is 1. The number of hydrogen-bond acceptors (Lipinski definition) is 3. The average Bonchev–Trinajstić information content (AvgIpc) is 2.53. The van der Waals surface area contributed by atoms with Crippen LogP contribution in [0.3, 0.4) is 0 Å². The Bertz CT molecular complexity index is 552. The Morgan fingerprint density at radius 3 is 2.62 bits per heavy atom. The first-order chi connectivity index (χ1) is 10.2. The van der Waals surface area contributed by atoms with Gasteiger partial charge in [-0.15, -0.1) is 0 Å². The molecule has 5 heteroatoms. The van der Waals surface area contributed by atoms with Crippen LogP contribution < -0.4 is 5.32 Å². The van der Waals surface area contributed by atoms with E-state index in [1.54, 1.807) is 0 Å². The van der Waals surface area contributed by atoms with E-state index in [0.29, 0.717) is 13.0 Å². The zero-order chi connectivity index (χ0) is 14.8. The van der Waals surface area contributed by atoms with Gasteiger partial charge in [-0.1, -0.05) is 30.7 Å². The smallest absolute Gasteiger partial charge is 0.326 e. The minimum Gasteiger partial charge on any atom is -0.480 e. The molecule has 0 saturated carbocycles. The lowest BCUT2D eigenvalue weighted by molar-refractivity contribution is -0.152. The zero-order valence-corrected chi connectivity index (χ0v) is 11.9. The van der Waals surface area contributed by atoms with E-state index in [9.17, 15) is 14.7 Å². The monoisotopic (exact) mass is 288 g/mol. The minimum atomic E-state index is -0.923. The van der Waals surface area contributed by atoms with Crippen molar-refractivity contribution in [3.8, 4) is 0 Å². The fourth-order valence-corrected chi connectivity index (χ4v) is 3.24. The maximum absolute atomic E-state index is 12.7. The van der Waals surface area contributed by atoms with Crippen molar-refractivity contribution in [2.45, 2.75) is 44.3 Å². The highest BCUT2D eigenvalue weighted by Gasteiger charge is 2.37. The van der Waals surface area contributed by atoms with Gasteiger partial charge in [-0.3, -0.25) is 4.79 Å². The van der Waals surface area contributed by atoms with E-state index in [-0.39, 0.29) is 11.9 Å². The molecule has 0 aromatic heterocycles. The SMILES string of the molecule is O=C(O)C1Cc2ccccc2CN1C(=O)[C@@H]1CCCCN1. The van der Waals surface area contributed by atoms with Gasteiger partial charge in [0.1, 0.15) is 6.04 Å². The molecule has 21 heavy (non-hydrogen) atoms. The van der Waals surface area contributed by atoms with Crippen molar-refractivity contribution in [1.82, 2.24) is 10.2 Å². The molecular formula is C16H20N2O3. The second-order valence-electron chi connectivity index (χ2n) is 5.80. The topological polar surface area (TPSA) is 69.6 Å². The van der Waals surface area contributed by atoms with Crippen molar-refractivity contribution >= 4 is 11.9 Å². The van der Waals surface area contributed by atoms with Crippen LogP contribution in [0.4, 0.5) is 0 Å². The van der Waals surface area contributed by atoms with Gasteiger partial charge in [-0.05, 0) is 30.5 Å². The van der Waals surface area contributed by atoms with E-state index in [0.717, 1.165) is 36.9 Å². The van der Waals surface area contributed by atoms with Gasteiger partial charge >= 0.3 is 5.97 Å². The summed E-state index contributed by atoms with van der Waals surface area (Å²) in [5.74, 6) is -0.995. The Balaban J connectivity index is 1.85. The summed E-state index contributed by atoms with van der Waals surface area (Å²) in [7, 11) is 0. The Kier molecular flexibility index (Phi) is 3.92. The molecular weight excluding hydrogens is 268 g/mol. The Hall–Kier alpha value is -1.88.